The Morgan fingerprint density at radius 3 is 2.43 bits per heavy atom. The van der Waals surface area contributed by atoms with E-state index < -0.39 is 17.8 Å². The largest absolute Gasteiger partial charge is 0.497 e. The number of hydrogen-bond acceptors (Lipinski definition) is 8. The summed E-state index contributed by atoms with van der Waals surface area (Å²) in [4.78, 5) is 48.7. The number of esters is 2. The van der Waals surface area contributed by atoms with Gasteiger partial charge in [0.2, 0.25) is 5.91 Å². The number of aryl methyl sites for hydroxylation is 1. The molecule has 0 atom stereocenters. The van der Waals surface area contributed by atoms with Crippen molar-refractivity contribution in [2.24, 2.45) is 0 Å². The third kappa shape index (κ3) is 6.32. The highest BCUT2D eigenvalue weighted by Gasteiger charge is 2.17. The highest BCUT2D eigenvalue weighted by Crippen LogP contribution is 2.22. The first-order chi connectivity index (χ1) is 16.9. The summed E-state index contributed by atoms with van der Waals surface area (Å²) in [6.07, 6.45) is 0.352. The van der Waals surface area contributed by atoms with Crippen LogP contribution >= 0.6 is 0 Å². The van der Waals surface area contributed by atoms with Crippen LogP contribution in [0.25, 0.3) is 11.3 Å². The van der Waals surface area contributed by atoms with Crippen LogP contribution in [0.3, 0.4) is 0 Å². The molecule has 35 heavy (non-hydrogen) atoms. The van der Waals surface area contributed by atoms with Crippen molar-refractivity contribution in [3.63, 3.8) is 0 Å². The van der Waals surface area contributed by atoms with Gasteiger partial charge in [0.1, 0.15) is 5.75 Å². The number of rotatable bonds is 9. The molecule has 3 rings (SSSR count). The lowest BCUT2D eigenvalue weighted by Crippen LogP contribution is -2.23. The fourth-order valence-corrected chi connectivity index (χ4v) is 3.33. The van der Waals surface area contributed by atoms with E-state index in [1.807, 2.05) is 24.3 Å². The maximum Gasteiger partial charge on any atom is 0.339 e. The number of hydrogen-bond donors (Lipinski definition) is 1. The van der Waals surface area contributed by atoms with E-state index in [2.05, 4.69) is 15.2 Å². The molecule has 1 amide bonds. The van der Waals surface area contributed by atoms with Crippen LogP contribution in [0, 0.1) is 0 Å². The fourth-order valence-electron chi connectivity index (χ4n) is 3.33. The first-order valence-electron chi connectivity index (χ1n) is 10.7. The molecule has 0 aliphatic rings. The first-order valence-corrected chi connectivity index (χ1v) is 10.7. The number of benzene rings is 2. The Bertz CT molecular complexity index is 1300. The van der Waals surface area contributed by atoms with Gasteiger partial charge in [-0.25, -0.2) is 14.3 Å². The van der Waals surface area contributed by atoms with Crippen LogP contribution in [-0.4, -0.2) is 49.0 Å². The number of nitrogens with zero attached hydrogens (tertiary/aromatic N) is 2. The lowest BCUT2D eigenvalue weighted by atomic mass is 10.1. The molecular weight excluding hydrogens is 454 g/mol. The van der Waals surface area contributed by atoms with Gasteiger partial charge in [-0.1, -0.05) is 12.1 Å². The summed E-state index contributed by atoms with van der Waals surface area (Å²) in [5, 5.41) is 7.02. The molecule has 0 aliphatic heterocycles. The zero-order valence-electron chi connectivity index (χ0n) is 19.6. The monoisotopic (exact) mass is 479 g/mol. The molecule has 0 spiro atoms. The lowest BCUT2D eigenvalue weighted by Gasteiger charge is -2.12. The Labute approximate surface area is 201 Å². The predicted octanol–water partition coefficient (Wildman–Crippen LogP) is 2.91. The van der Waals surface area contributed by atoms with Gasteiger partial charge >= 0.3 is 11.9 Å². The second kappa shape index (κ2) is 11.6. The average Bonchev–Trinajstić information content (AvgIpc) is 2.88. The minimum Gasteiger partial charge on any atom is -0.497 e. The normalized spacial score (nSPS) is 10.4. The Morgan fingerprint density at radius 2 is 1.71 bits per heavy atom. The second-order valence-corrected chi connectivity index (χ2v) is 7.41. The van der Waals surface area contributed by atoms with Crippen molar-refractivity contribution in [2.75, 3.05) is 26.6 Å². The van der Waals surface area contributed by atoms with Crippen LogP contribution in [-0.2, 0) is 20.8 Å². The van der Waals surface area contributed by atoms with Crippen LogP contribution in [0.4, 0.5) is 5.69 Å². The number of carbonyl (C=O) groups is 3. The van der Waals surface area contributed by atoms with Crippen molar-refractivity contribution in [1.29, 1.82) is 0 Å². The molecule has 182 valence electrons. The number of aromatic nitrogens is 2. The first kappa shape index (κ1) is 25.2. The van der Waals surface area contributed by atoms with Gasteiger partial charge in [-0.05, 0) is 42.8 Å². The molecule has 0 radical (unpaired) electrons. The number of methoxy groups -OCH3 is 3. The van der Waals surface area contributed by atoms with Crippen molar-refractivity contribution >= 4 is 23.5 Å². The van der Waals surface area contributed by atoms with Gasteiger partial charge < -0.3 is 19.5 Å². The maximum absolute atomic E-state index is 12.6. The molecule has 10 heteroatoms. The van der Waals surface area contributed by atoms with E-state index in [9.17, 15) is 19.2 Å². The van der Waals surface area contributed by atoms with E-state index in [1.54, 1.807) is 13.2 Å². The molecule has 1 N–H and O–H groups in total. The molecule has 1 heterocycles. The van der Waals surface area contributed by atoms with Crippen LogP contribution in [0.1, 0.15) is 33.6 Å². The van der Waals surface area contributed by atoms with E-state index >= 15 is 0 Å². The zero-order valence-corrected chi connectivity index (χ0v) is 19.6. The van der Waals surface area contributed by atoms with Crippen LogP contribution in [0.5, 0.6) is 5.75 Å². The summed E-state index contributed by atoms with van der Waals surface area (Å²) in [7, 11) is 4.01. The zero-order chi connectivity index (χ0) is 25.4. The molecule has 2 aromatic carbocycles. The van der Waals surface area contributed by atoms with Crippen molar-refractivity contribution in [1.82, 2.24) is 9.78 Å². The molecule has 0 saturated carbocycles. The topological polar surface area (TPSA) is 126 Å². The van der Waals surface area contributed by atoms with Gasteiger partial charge in [-0.15, -0.1) is 0 Å². The molecule has 0 saturated heterocycles. The van der Waals surface area contributed by atoms with E-state index in [0.717, 1.165) is 5.56 Å². The Kier molecular flexibility index (Phi) is 8.33. The Morgan fingerprint density at radius 1 is 0.943 bits per heavy atom. The lowest BCUT2D eigenvalue weighted by molar-refractivity contribution is -0.116. The van der Waals surface area contributed by atoms with Crippen molar-refractivity contribution in [3.8, 4) is 17.0 Å². The fraction of sp³-hybridized carbons (Fsp3) is 0.240. The highest BCUT2D eigenvalue weighted by molar-refractivity contribution is 6.03. The summed E-state index contributed by atoms with van der Waals surface area (Å²) in [6.45, 7) is 0.204. The van der Waals surface area contributed by atoms with Gasteiger partial charge in [0.05, 0.1) is 43.8 Å². The van der Waals surface area contributed by atoms with E-state index in [1.165, 1.54) is 43.2 Å². The quantitative estimate of drug-likeness (QED) is 0.465. The SMILES string of the molecule is COC(=O)c1ccc(C(=O)OC)c(NC(=O)CCCn2nc(-c3cccc(OC)c3)ccc2=O)c1. The van der Waals surface area contributed by atoms with Gasteiger partial charge in [-0.3, -0.25) is 9.59 Å². The van der Waals surface area contributed by atoms with Crippen molar-refractivity contribution in [3.05, 3.63) is 76.1 Å². The van der Waals surface area contributed by atoms with Gasteiger partial charge in [0.15, 0.2) is 0 Å². The molecule has 0 unspecified atom stereocenters. The van der Waals surface area contributed by atoms with E-state index in [-0.39, 0.29) is 35.3 Å². The number of anilines is 1. The Balaban J connectivity index is 1.69. The third-order valence-corrected chi connectivity index (χ3v) is 5.13. The highest BCUT2D eigenvalue weighted by atomic mass is 16.5. The van der Waals surface area contributed by atoms with Crippen molar-refractivity contribution in [2.45, 2.75) is 19.4 Å². The number of carbonyl (C=O) groups excluding carboxylic acids is 3. The third-order valence-electron chi connectivity index (χ3n) is 5.13. The predicted molar refractivity (Wildman–Crippen MR) is 127 cm³/mol. The Hall–Kier alpha value is -4.47. The maximum atomic E-state index is 12.6. The van der Waals surface area contributed by atoms with Gasteiger partial charge in [0.25, 0.3) is 5.56 Å². The van der Waals surface area contributed by atoms with Crippen LogP contribution in [0.2, 0.25) is 0 Å². The summed E-state index contributed by atoms with van der Waals surface area (Å²) in [5.74, 6) is -1.02. The summed E-state index contributed by atoms with van der Waals surface area (Å²) >= 11 is 0. The summed E-state index contributed by atoms with van der Waals surface area (Å²) in [5.41, 5.74) is 1.47. The minimum atomic E-state index is -0.665. The molecule has 3 aromatic rings. The molecule has 0 bridgehead atoms. The molecular formula is C25H25N3O7. The van der Waals surface area contributed by atoms with Crippen LogP contribution < -0.4 is 15.6 Å². The smallest absolute Gasteiger partial charge is 0.339 e. The van der Waals surface area contributed by atoms with Gasteiger partial charge in [-0.2, -0.15) is 5.10 Å². The minimum absolute atomic E-state index is 0.0422. The molecule has 10 nitrogen and oxygen atoms in total. The van der Waals surface area contributed by atoms with Crippen molar-refractivity contribution < 1.29 is 28.6 Å². The standard InChI is InChI=1S/C25H25N3O7/c1-33-18-7-4-6-16(14-18)20-11-12-23(30)28(27-20)13-5-8-22(29)26-21-15-17(24(31)34-2)9-10-19(21)25(32)35-3/h4,6-7,9-12,14-15H,5,8,13H2,1-3H3,(H,26,29). The van der Waals surface area contributed by atoms with Crippen LogP contribution in [0.15, 0.2) is 59.4 Å². The van der Waals surface area contributed by atoms with E-state index in [4.69, 9.17) is 9.47 Å². The van der Waals surface area contributed by atoms with Gasteiger partial charge in [0, 0.05) is 24.6 Å². The number of ether oxygens (including phenoxy) is 3. The molecule has 0 fully saturated rings. The second-order valence-electron chi connectivity index (χ2n) is 7.41. The summed E-state index contributed by atoms with van der Waals surface area (Å²) in [6, 6.07) is 14.5. The average molecular weight is 479 g/mol. The number of amides is 1. The van der Waals surface area contributed by atoms with E-state index in [0.29, 0.717) is 17.9 Å². The summed E-state index contributed by atoms with van der Waals surface area (Å²) < 4.78 is 16.0. The molecule has 1 aromatic heterocycles. The number of nitrogens with one attached hydrogen (secondary N) is 1. The molecule has 0 aliphatic carbocycles.